The summed E-state index contributed by atoms with van der Waals surface area (Å²) >= 11 is 0. The number of hydrogen-bond acceptors (Lipinski definition) is 2. The number of benzene rings is 2. The van der Waals surface area contributed by atoms with E-state index in [9.17, 15) is 4.79 Å². The molecule has 0 aliphatic heterocycles. The van der Waals surface area contributed by atoms with Gasteiger partial charge in [-0.05, 0) is 48.6 Å². The average molecular weight is 296 g/mol. The third-order valence-electron chi connectivity index (χ3n) is 3.98. The van der Waals surface area contributed by atoms with Gasteiger partial charge < -0.3 is 11.1 Å². The monoisotopic (exact) mass is 296 g/mol. The number of nitrogen functional groups attached to an aromatic ring is 1. The van der Waals surface area contributed by atoms with Crippen LogP contribution in [0, 0.1) is 19.8 Å². The van der Waals surface area contributed by atoms with E-state index in [1.807, 2.05) is 31.2 Å². The Bertz CT molecular complexity index is 677. The van der Waals surface area contributed by atoms with Gasteiger partial charge >= 0.3 is 0 Å². The number of anilines is 1. The van der Waals surface area contributed by atoms with Crippen molar-refractivity contribution in [3.05, 3.63) is 64.7 Å². The van der Waals surface area contributed by atoms with E-state index < -0.39 is 0 Å². The van der Waals surface area contributed by atoms with Gasteiger partial charge in [0.05, 0.1) is 6.04 Å². The SMILES string of the molecule is Cc1ccc(N)cc1C(=O)NC(c1ccccc1C)C(C)C. The molecule has 0 saturated heterocycles. The van der Waals surface area contributed by atoms with Crippen LogP contribution in [0.2, 0.25) is 0 Å². The quantitative estimate of drug-likeness (QED) is 0.837. The largest absolute Gasteiger partial charge is 0.399 e. The number of rotatable bonds is 4. The second-order valence-corrected chi connectivity index (χ2v) is 6.13. The Balaban J connectivity index is 2.31. The lowest BCUT2D eigenvalue weighted by Gasteiger charge is -2.25. The van der Waals surface area contributed by atoms with Crippen molar-refractivity contribution in [3.63, 3.8) is 0 Å². The average Bonchev–Trinajstić information content (AvgIpc) is 2.47. The number of hydrogen-bond donors (Lipinski definition) is 2. The molecule has 0 saturated carbocycles. The summed E-state index contributed by atoms with van der Waals surface area (Å²) in [6.45, 7) is 8.22. The molecular formula is C19H24N2O. The normalized spacial score (nSPS) is 12.2. The van der Waals surface area contributed by atoms with Gasteiger partial charge in [-0.2, -0.15) is 0 Å². The van der Waals surface area contributed by atoms with Crippen molar-refractivity contribution in [1.82, 2.24) is 5.32 Å². The van der Waals surface area contributed by atoms with E-state index in [0.717, 1.165) is 11.1 Å². The van der Waals surface area contributed by atoms with E-state index in [1.54, 1.807) is 6.07 Å². The minimum absolute atomic E-state index is 0.0190. The number of nitrogens with one attached hydrogen (secondary N) is 1. The molecule has 0 fully saturated rings. The van der Waals surface area contributed by atoms with Crippen molar-refractivity contribution in [2.45, 2.75) is 33.7 Å². The topological polar surface area (TPSA) is 55.1 Å². The first-order valence-electron chi connectivity index (χ1n) is 7.62. The van der Waals surface area contributed by atoms with E-state index in [4.69, 9.17) is 5.73 Å². The van der Waals surface area contributed by atoms with Crippen LogP contribution in [0.3, 0.4) is 0 Å². The lowest BCUT2D eigenvalue weighted by atomic mass is 9.92. The summed E-state index contributed by atoms with van der Waals surface area (Å²) in [5.74, 6) is 0.221. The fraction of sp³-hybridized carbons (Fsp3) is 0.316. The summed E-state index contributed by atoms with van der Waals surface area (Å²) in [6.07, 6.45) is 0. The first-order valence-corrected chi connectivity index (χ1v) is 7.62. The van der Waals surface area contributed by atoms with Gasteiger partial charge in [0.1, 0.15) is 0 Å². The highest BCUT2D eigenvalue weighted by Gasteiger charge is 2.21. The Morgan fingerprint density at radius 2 is 1.73 bits per heavy atom. The van der Waals surface area contributed by atoms with E-state index in [1.165, 1.54) is 5.56 Å². The van der Waals surface area contributed by atoms with Gasteiger partial charge in [0, 0.05) is 11.3 Å². The third-order valence-corrected chi connectivity index (χ3v) is 3.98. The number of carbonyl (C=O) groups excluding carboxylic acids is 1. The molecule has 3 nitrogen and oxygen atoms in total. The molecule has 3 heteroatoms. The van der Waals surface area contributed by atoms with E-state index in [2.05, 4.69) is 38.2 Å². The summed E-state index contributed by atoms with van der Waals surface area (Å²) in [7, 11) is 0. The Hall–Kier alpha value is -2.29. The maximum atomic E-state index is 12.7. The van der Waals surface area contributed by atoms with E-state index >= 15 is 0 Å². The molecule has 2 aromatic carbocycles. The second kappa shape index (κ2) is 6.65. The van der Waals surface area contributed by atoms with Gasteiger partial charge in [0.15, 0.2) is 0 Å². The predicted molar refractivity (Wildman–Crippen MR) is 91.8 cm³/mol. The number of nitrogens with two attached hydrogens (primary N) is 1. The van der Waals surface area contributed by atoms with Crippen LogP contribution in [-0.4, -0.2) is 5.91 Å². The number of carbonyl (C=O) groups is 1. The zero-order valence-electron chi connectivity index (χ0n) is 13.7. The van der Waals surface area contributed by atoms with Gasteiger partial charge in [0.25, 0.3) is 5.91 Å². The van der Waals surface area contributed by atoms with Crippen molar-refractivity contribution in [2.24, 2.45) is 5.92 Å². The van der Waals surface area contributed by atoms with Crippen molar-refractivity contribution in [3.8, 4) is 0 Å². The molecule has 0 aliphatic carbocycles. The standard InChI is InChI=1S/C19H24N2O/c1-12(2)18(16-8-6-5-7-13(16)3)21-19(22)17-11-15(20)10-9-14(17)4/h5-12,18H,20H2,1-4H3,(H,21,22). The van der Waals surface area contributed by atoms with Crippen molar-refractivity contribution in [2.75, 3.05) is 5.73 Å². The van der Waals surface area contributed by atoms with Crippen LogP contribution >= 0.6 is 0 Å². The summed E-state index contributed by atoms with van der Waals surface area (Å²) in [5.41, 5.74) is 10.3. The maximum Gasteiger partial charge on any atom is 0.252 e. The van der Waals surface area contributed by atoms with Crippen LogP contribution in [-0.2, 0) is 0 Å². The minimum atomic E-state index is -0.0771. The predicted octanol–water partition coefficient (Wildman–Crippen LogP) is 4.01. The van der Waals surface area contributed by atoms with Crippen molar-refractivity contribution >= 4 is 11.6 Å². The molecular weight excluding hydrogens is 272 g/mol. The smallest absolute Gasteiger partial charge is 0.252 e. The maximum absolute atomic E-state index is 12.7. The molecule has 0 spiro atoms. The highest BCUT2D eigenvalue weighted by Crippen LogP contribution is 2.25. The second-order valence-electron chi connectivity index (χ2n) is 6.13. The van der Waals surface area contributed by atoms with Gasteiger partial charge in [-0.3, -0.25) is 4.79 Å². The molecule has 0 aliphatic rings. The lowest BCUT2D eigenvalue weighted by molar-refractivity contribution is 0.0925. The number of aryl methyl sites for hydroxylation is 2. The first-order chi connectivity index (χ1) is 10.4. The summed E-state index contributed by atoms with van der Waals surface area (Å²) in [5, 5.41) is 3.16. The molecule has 1 atom stereocenters. The molecule has 0 aromatic heterocycles. The Morgan fingerprint density at radius 1 is 1.05 bits per heavy atom. The van der Waals surface area contributed by atoms with Crippen molar-refractivity contribution in [1.29, 1.82) is 0 Å². The van der Waals surface area contributed by atoms with E-state index in [-0.39, 0.29) is 11.9 Å². The fourth-order valence-corrected chi connectivity index (χ4v) is 2.64. The summed E-state index contributed by atoms with van der Waals surface area (Å²) in [6, 6.07) is 13.6. The van der Waals surface area contributed by atoms with Crippen LogP contribution in [0.4, 0.5) is 5.69 Å². The fourth-order valence-electron chi connectivity index (χ4n) is 2.64. The molecule has 22 heavy (non-hydrogen) atoms. The first kappa shape index (κ1) is 16.1. The summed E-state index contributed by atoms with van der Waals surface area (Å²) in [4.78, 5) is 12.7. The van der Waals surface area contributed by atoms with Gasteiger partial charge in [-0.25, -0.2) is 0 Å². The highest BCUT2D eigenvalue weighted by molar-refractivity contribution is 5.96. The Morgan fingerprint density at radius 3 is 2.36 bits per heavy atom. The van der Waals surface area contributed by atoms with Gasteiger partial charge in [0.2, 0.25) is 0 Å². The zero-order chi connectivity index (χ0) is 16.3. The molecule has 1 amide bonds. The highest BCUT2D eigenvalue weighted by atomic mass is 16.1. The molecule has 1 unspecified atom stereocenters. The molecule has 0 bridgehead atoms. The van der Waals surface area contributed by atoms with Gasteiger partial charge in [-0.1, -0.05) is 44.2 Å². The van der Waals surface area contributed by atoms with Crippen LogP contribution in [0.15, 0.2) is 42.5 Å². The molecule has 3 N–H and O–H groups in total. The Kier molecular flexibility index (Phi) is 4.86. The van der Waals surface area contributed by atoms with Crippen molar-refractivity contribution < 1.29 is 4.79 Å². The van der Waals surface area contributed by atoms with Crippen LogP contribution < -0.4 is 11.1 Å². The third kappa shape index (κ3) is 3.48. The van der Waals surface area contributed by atoms with Crippen LogP contribution in [0.25, 0.3) is 0 Å². The zero-order valence-corrected chi connectivity index (χ0v) is 13.7. The molecule has 116 valence electrons. The van der Waals surface area contributed by atoms with Crippen LogP contribution in [0.5, 0.6) is 0 Å². The summed E-state index contributed by atoms with van der Waals surface area (Å²) < 4.78 is 0. The van der Waals surface area contributed by atoms with Gasteiger partial charge in [-0.15, -0.1) is 0 Å². The lowest BCUT2D eigenvalue weighted by Crippen LogP contribution is -2.32. The Labute approximate surface area is 132 Å². The number of amides is 1. The molecule has 2 rings (SSSR count). The molecule has 2 aromatic rings. The van der Waals surface area contributed by atoms with Crippen LogP contribution in [0.1, 0.15) is 46.9 Å². The molecule has 0 heterocycles. The van der Waals surface area contributed by atoms with E-state index in [0.29, 0.717) is 17.2 Å². The minimum Gasteiger partial charge on any atom is -0.399 e. The molecule has 0 radical (unpaired) electrons.